The van der Waals surface area contributed by atoms with E-state index in [1.165, 1.54) is 12.1 Å². The molecule has 104 valence electrons. The summed E-state index contributed by atoms with van der Waals surface area (Å²) in [5.74, 6) is -0.279. The molecule has 0 bridgehead atoms. The minimum atomic E-state index is -0.279. The molecule has 1 aliphatic rings. The van der Waals surface area contributed by atoms with Gasteiger partial charge < -0.3 is 15.4 Å². The fraction of sp³-hybridized carbons (Fsp3) is 0.500. The number of ether oxygens (including phenoxy) is 1. The summed E-state index contributed by atoms with van der Waals surface area (Å²) in [6.45, 7) is 3.17. The maximum absolute atomic E-state index is 12.8. The van der Waals surface area contributed by atoms with Crippen molar-refractivity contribution in [2.24, 2.45) is 0 Å². The van der Waals surface area contributed by atoms with E-state index in [1.807, 2.05) is 6.92 Å². The Morgan fingerprint density at radius 1 is 1.47 bits per heavy atom. The smallest absolute Gasteiger partial charge is 0.315 e. The summed E-state index contributed by atoms with van der Waals surface area (Å²) in [6.07, 6.45) is 2.18. The molecule has 1 aromatic rings. The number of urea groups is 1. The van der Waals surface area contributed by atoms with Crippen molar-refractivity contribution in [2.45, 2.75) is 31.9 Å². The predicted octanol–water partition coefficient (Wildman–Crippen LogP) is 2.36. The lowest BCUT2D eigenvalue weighted by atomic mass is 10.1. The number of hydrogen-bond donors (Lipinski definition) is 2. The van der Waals surface area contributed by atoms with Gasteiger partial charge in [-0.25, -0.2) is 9.18 Å². The Kier molecular flexibility index (Phi) is 4.74. The van der Waals surface area contributed by atoms with E-state index in [0.717, 1.165) is 25.0 Å². The zero-order valence-electron chi connectivity index (χ0n) is 11.0. The number of nitrogens with one attached hydrogen (secondary N) is 2. The SMILES string of the molecule is CC(NC(=O)NCC1CCCO1)c1ccc(F)cc1. The molecule has 0 aromatic heterocycles. The maximum atomic E-state index is 12.8. The van der Waals surface area contributed by atoms with E-state index in [2.05, 4.69) is 10.6 Å². The van der Waals surface area contributed by atoms with E-state index in [-0.39, 0.29) is 24.0 Å². The highest BCUT2D eigenvalue weighted by atomic mass is 19.1. The normalized spacial score (nSPS) is 20.0. The Labute approximate surface area is 112 Å². The lowest BCUT2D eigenvalue weighted by Crippen LogP contribution is -2.40. The Hall–Kier alpha value is -1.62. The third-order valence-corrected chi connectivity index (χ3v) is 3.23. The Morgan fingerprint density at radius 3 is 2.84 bits per heavy atom. The molecule has 1 saturated heterocycles. The quantitative estimate of drug-likeness (QED) is 0.879. The van der Waals surface area contributed by atoms with Gasteiger partial charge in [-0.05, 0) is 37.5 Å². The van der Waals surface area contributed by atoms with Crippen molar-refractivity contribution < 1.29 is 13.9 Å². The average Bonchev–Trinajstić information content (AvgIpc) is 2.90. The van der Waals surface area contributed by atoms with Crippen LogP contribution in [0.5, 0.6) is 0 Å². The van der Waals surface area contributed by atoms with Gasteiger partial charge in [0.2, 0.25) is 0 Å². The number of carbonyl (C=O) groups excluding carboxylic acids is 1. The molecule has 5 heteroatoms. The van der Waals surface area contributed by atoms with Crippen molar-refractivity contribution >= 4 is 6.03 Å². The molecule has 19 heavy (non-hydrogen) atoms. The van der Waals surface area contributed by atoms with Crippen molar-refractivity contribution in [2.75, 3.05) is 13.2 Å². The fourth-order valence-electron chi connectivity index (χ4n) is 2.09. The van der Waals surface area contributed by atoms with Gasteiger partial charge in [-0.2, -0.15) is 0 Å². The number of halogens is 1. The van der Waals surface area contributed by atoms with E-state index in [4.69, 9.17) is 4.74 Å². The molecule has 1 fully saturated rings. The zero-order chi connectivity index (χ0) is 13.7. The monoisotopic (exact) mass is 266 g/mol. The molecule has 1 aliphatic heterocycles. The highest BCUT2D eigenvalue weighted by molar-refractivity contribution is 5.74. The topological polar surface area (TPSA) is 50.4 Å². The van der Waals surface area contributed by atoms with E-state index < -0.39 is 0 Å². The first-order valence-corrected chi connectivity index (χ1v) is 6.56. The molecule has 2 N–H and O–H groups in total. The summed E-state index contributed by atoms with van der Waals surface area (Å²) < 4.78 is 18.2. The molecule has 0 aliphatic carbocycles. The fourth-order valence-corrected chi connectivity index (χ4v) is 2.09. The Morgan fingerprint density at radius 2 is 2.21 bits per heavy atom. The first-order chi connectivity index (χ1) is 9.15. The van der Waals surface area contributed by atoms with Crippen molar-refractivity contribution in [1.82, 2.24) is 10.6 Å². The van der Waals surface area contributed by atoms with E-state index in [9.17, 15) is 9.18 Å². The Bertz CT molecular complexity index is 416. The average molecular weight is 266 g/mol. The molecular weight excluding hydrogens is 247 g/mol. The second-order valence-electron chi connectivity index (χ2n) is 4.76. The lowest BCUT2D eigenvalue weighted by molar-refractivity contribution is 0.111. The van der Waals surface area contributed by atoms with Gasteiger partial charge in [0.15, 0.2) is 0 Å². The number of carbonyl (C=O) groups is 1. The van der Waals surface area contributed by atoms with Crippen LogP contribution in [-0.2, 0) is 4.74 Å². The lowest BCUT2D eigenvalue weighted by Gasteiger charge is -2.16. The van der Waals surface area contributed by atoms with E-state index >= 15 is 0 Å². The molecule has 2 unspecified atom stereocenters. The highest BCUT2D eigenvalue weighted by Crippen LogP contribution is 2.13. The van der Waals surface area contributed by atoms with Crippen molar-refractivity contribution in [3.8, 4) is 0 Å². The van der Waals surface area contributed by atoms with Gasteiger partial charge in [-0.15, -0.1) is 0 Å². The third-order valence-electron chi connectivity index (χ3n) is 3.23. The van der Waals surface area contributed by atoms with Crippen LogP contribution in [0, 0.1) is 5.82 Å². The van der Waals surface area contributed by atoms with Gasteiger partial charge >= 0.3 is 6.03 Å². The van der Waals surface area contributed by atoms with Crippen LogP contribution in [0.15, 0.2) is 24.3 Å². The first kappa shape index (κ1) is 13.8. The summed E-state index contributed by atoms with van der Waals surface area (Å²) in [4.78, 5) is 11.7. The van der Waals surface area contributed by atoms with Crippen molar-refractivity contribution in [3.63, 3.8) is 0 Å². The predicted molar refractivity (Wildman–Crippen MR) is 70.3 cm³/mol. The third kappa shape index (κ3) is 4.21. The number of rotatable bonds is 4. The molecule has 2 amide bonds. The zero-order valence-corrected chi connectivity index (χ0v) is 11.0. The van der Waals surface area contributed by atoms with Gasteiger partial charge in [0.25, 0.3) is 0 Å². The second kappa shape index (κ2) is 6.52. The molecule has 0 spiro atoms. The molecule has 0 saturated carbocycles. The number of benzene rings is 1. The van der Waals surface area contributed by atoms with Crippen LogP contribution >= 0.6 is 0 Å². The molecule has 4 nitrogen and oxygen atoms in total. The number of hydrogen-bond acceptors (Lipinski definition) is 2. The van der Waals surface area contributed by atoms with Crippen LogP contribution in [0.4, 0.5) is 9.18 Å². The first-order valence-electron chi connectivity index (χ1n) is 6.56. The Balaban J connectivity index is 1.76. The summed E-state index contributed by atoms with van der Waals surface area (Å²) in [5.41, 5.74) is 0.869. The molecule has 2 rings (SSSR count). The van der Waals surface area contributed by atoms with Crippen molar-refractivity contribution in [1.29, 1.82) is 0 Å². The second-order valence-corrected chi connectivity index (χ2v) is 4.76. The summed E-state index contributed by atoms with van der Waals surface area (Å²) >= 11 is 0. The van der Waals surface area contributed by atoms with Crippen LogP contribution in [0.25, 0.3) is 0 Å². The van der Waals surface area contributed by atoms with Crippen molar-refractivity contribution in [3.05, 3.63) is 35.6 Å². The van der Waals surface area contributed by atoms with Crippen LogP contribution in [0.1, 0.15) is 31.4 Å². The summed E-state index contributed by atoms with van der Waals surface area (Å²) in [6, 6.07) is 5.72. The van der Waals surface area contributed by atoms with Gasteiger partial charge in [0.1, 0.15) is 5.82 Å². The largest absolute Gasteiger partial charge is 0.376 e. The van der Waals surface area contributed by atoms with Crippen LogP contribution in [-0.4, -0.2) is 25.3 Å². The molecule has 0 radical (unpaired) electrons. The highest BCUT2D eigenvalue weighted by Gasteiger charge is 2.16. The standard InChI is InChI=1S/C14H19FN2O2/c1-10(11-4-6-12(15)7-5-11)17-14(18)16-9-13-3-2-8-19-13/h4-7,10,13H,2-3,8-9H2,1H3,(H2,16,17,18). The van der Waals surface area contributed by atoms with Gasteiger partial charge in [0, 0.05) is 13.2 Å². The summed E-state index contributed by atoms with van der Waals surface area (Å²) in [7, 11) is 0. The number of amides is 2. The molecule has 2 atom stereocenters. The molecule has 1 aromatic carbocycles. The van der Waals surface area contributed by atoms with Gasteiger partial charge in [0.05, 0.1) is 12.1 Å². The maximum Gasteiger partial charge on any atom is 0.315 e. The molecule has 1 heterocycles. The van der Waals surface area contributed by atoms with Crippen LogP contribution < -0.4 is 10.6 Å². The molecular formula is C14H19FN2O2. The van der Waals surface area contributed by atoms with Gasteiger partial charge in [-0.1, -0.05) is 12.1 Å². The summed E-state index contributed by atoms with van der Waals surface area (Å²) in [5, 5.41) is 5.60. The van der Waals surface area contributed by atoms with E-state index in [0.29, 0.717) is 6.54 Å². The minimum Gasteiger partial charge on any atom is -0.376 e. The van der Waals surface area contributed by atoms with Crippen LogP contribution in [0.2, 0.25) is 0 Å². The van der Waals surface area contributed by atoms with Gasteiger partial charge in [-0.3, -0.25) is 0 Å². The van der Waals surface area contributed by atoms with E-state index in [1.54, 1.807) is 12.1 Å². The van der Waals surface area contributed by atoms with Crippen LogP contribution in [0.3, 0.4) is 0 Å². The minimum absolute atomic E-state index is 0.131.